The van der Waals surface area contributed by atoms with Gasteiger partial charge in [0.1, 0.15) is 5.00 Å². The highest BCUT2D eigenvalue weighted by atomic mass is 32.1. The van der Waals surface area contributed by atoms with Crippen molar-refractivity contribution in [3.05, 3.63) is 16.5 Å². The van der Waals surface area contributed by atoms with E-state index in [1.54, 1.807) is 11.8 Å². The third kappa shape index (κ3) is 7.95. The van der Waals surface area contributed by atoms with E-state index in [2.05, 4.69) is 5.32 Å². The van der Waals surface area contributed by atoms with Crippen LogP contribution in [0.3, 0.4) is 0 Å². The number of rotatable bonds is 10. The number of thiophene rings is 1. The van der Waals surface area contributed by atoms with Crippen molar-refractivity contribution in [2.45, 2.75) is 40.0 Å². The molecule has 2 rings (SSSR count). The van der Waals surface area contributed by atoms with Crippen LogP contribution in [0.1, 0.15) is 49.5 Å². The van der Waals surface area contributed by atoms with Gasteiger partial charge in [-0.1, -0.05) is 13.8 Å². The zero-order valence-electron chi connectivity index (χ0n) is 18.2. The van der Waals surface area contributed by atoms with Gasteiger partial charge in [0, 0.05) is 19.5 Å². The number of ether oxygens (including phenoxy) is 3. The molecule has 1 aliphatic heterocycles. The Morgan fingerprint density at radius 3 is 2.52 bits per heavy atom. The van der Waals surface area contributed by atoms with E-state index in [-0.39, 0.29) is 25.4 Å². The molecule has 10 heteroatoms. The Kier molecular flexibility index (Phi) is 9.93. The monoisotopic (exact) mass is 454 g/mol. The van der Waals surface area contributed by atoms with Crippen LogP contribution in [0.25, 0.3) is 0 Å². The van der Waals surface area contributed by atoms with E-state index in [1.165, 1.54) is 11.3 Å². The van der Waals surface area contributed by atoms with Gasteiger partial charge in [-0.15, -0.1) is 11.3 Å². The van der Waals surface area contributed by atoms with Crippen molar-refractivity contribution in [2.24, 2.45) is 5.92 Å². The van der Waals surface area contributed by atoms with E-state index >= 15 is 0 Å². The molecule has 2 heterocycles. The van der Waals surface area contributed by atoms with Gasteiger partial charge in [0.2, 0.25) is 5.91 Å². The molecule has 0 unspecified atom stereocenters. The van der Waals surface area contributed by atoms with E-state index in [0.717, 1.165) is 5.56 Å². The van der Waals surface area contributed by atoms with Crippen molar-refractivity contribution >= 4 is 40.1 Å². The van der Waals surface area contributed by atoms with Gasteiger partial charge in [-0.25, -0.2) is 4.79 Å². The lowest BCUT2D eigenvalue weighted by Crippen LogP contribution is -2.40. The average molecular weight is 455 g/mol. The summed E-state index contributed by atoms with van der Waals surface area (Å²) in [5.41, 5.74) is 1.16. The highest BCUT2D eigenvalue weighted by Crippen LogP contribution is 2.30. The number of nitrogens with one attached hydrogen (secondary N) is 1. The largest absolute Gasteiger partial charge is 0.462 e. The first-order valence-electron chi connectivity index (χ1n) is 10.4. The van der Waals surface area contributed by atoms with Gasteiger partial charge in [-0.05, 0) is 30.2 Å². The lowest BCUT2D eigenvalue weighted by molar-refractivity contribution is -0.149. The second kappa shape index (κ2) is 12.4. The molecular formula is C21H30N2O7S. The van der Waals surface area contributed by atoms with Crippen LogP contribution in [0.4, 0.5) is 5.00 Å². The van der Waals surface area contributed by atoms with Crippen LogP contribution in [-0.2, 0) is 35.0 Å². The highest BCUT2D eigenvalue weighted by Gasteiger charge is 2.23. The second-order valence-electron chi connectivity index (χ2n) is 7.49. The van der Waals surface area contributed by atoms with Crippen LogP contribution in [0.15, 0.2) is 5.38 Å². The maximum atomic E-state index is 12.4. The minimum Gasteiger partial charge on any atom is -0.462 e. The summed E-state index contributed by atoms with van der Waals surface area (Å²) in [6, 6.07) is 0. The summed E-state index contributed by atoms with van der Waals surface area (Å²) in [4.78, 5) is 50.2. The summed E-state index contributed by atoms with van der Waals surface area (Å²) in [5, 5.41) is 4.83. The molecule has 0 aromatic carbocycles. The summed E-state index contributed by atoms with van der Waals surface area (Å²) in [6.45, 7) is 7.53. The average Bonchev–Trinajstić information content (AvgIpc) is 3.12. The van der Waals surface area contributed by atoms with Crippen molar-refractivity contribution < 1.29 is 33.4 Å². The van der Waals surface area contributed by atoms with Crippen molar-refractivity contribution in [2.75, 3.05) is 44.8 Å². The first-order valence-corrected chi connectivity index (χ1v) is 11.3. The maximum Gasteiger partial charge on any atom is 0.341 e. The van der Waals surface area contributed by atoms with Gasteiger partial charge in [-0.3, -0.25) is 14.4 Å². The zero-order chi connectivity index (χ0) is 22.8. The topological polar surface area (TPSA) is 111 Å². The first kappa shape index (κ1) is 24.8. The molecule has 1 fully saturated rings. The van der Waals surface area contributed by atoms with E-state index < -0.39 is 24.5 Å². The summed E-state index contributed by atoms with van der Waals surface area (Å²) >= 11 is 1.23. The number of hydrogen-bond donors (Lipinski definition) is 1. The molecule has 9 nitrogen and oxygen atoms in total. The molecule has 1 N–H and O–H groups in total. The third-order valence-corrected chi connectivity index (χ3v) is 5.44. The third-order valence-electron chi connectivity index (χ3n) is 4.50. The van der Waals surface area contributed by atoms with Crippen LogP contribution in [0.2, 0.25) is 0 Å². The Hall–Kier alpha value is -2.46. The van der Waals surface area contributed by atoms with Gasteiger partial charge in [0.05, 0.1) is 31.8 Å². The highest BCUT2D eigenvalue weighted by molar-refractivity contribution is 7.15. The number of hydrogen-bond acceptors (Lipinski definition) is 8. The molecule has 0 saturated carbocycles. The Bertz CT molecular complexity index is 785. The summed E-state index contributed by atoms with van der Waals surface area (Å²) in [5.74, 6) is -1.49. The van der Waals surface area contributed by atoms with Crippen LogP contribution < -0.4 is 5.32 Å². The van der Waals surface area contributed by atoms with Gasteiger partial charge in [0.25, 0.3) is 5.91 Å². The molecule has 1 aromatic rings. The lowest BCUT2D eigenvalue weighted by Gasteiger charge is -2.26. The Labute approximate surface area is 186 Å². The Balaban J connectivity index is 1.84. The predicted octanol–water partition coefficient (Wildman–Crippen LogP) is 2.24. The molecule has 31 heavy (non-hydrogen) atoms. The van der Waals surface area contributed by atoms with Crippen LogP contribution in [-0.4, -0.2) is 68.2 Å². The summed E-state index contributed by atoms with van der Waals surface area (Å²) in [6.07, 6.45) is 0.596. The molecule has 0 aliphatic carbocycles. The quantitative estimate of drug-likeness (QED) is 0.540. The number of esters is 2. The summed E-state index contributed by atoms with van der Waals surface area (Å²) in [7, 11) is 0. The number of morpholine rings is 1. The fourth-order valence-corrected chi connectivity index (χ4v) is 4.04. The molecule has 0 radical (unpaired) electrons. The number of carbonyl (C=O) groups excluding carboxylic acids is 4. The Morgan fingerprint density at radius 2 is 1.87 bits per heavy atom. The minimum atomic E-state index is -0.631. The molecule has 172 valence electrons. The standard InChI is InChI=1S/C21H30N2O7S/c1-4-29-21(27)19-15(11-14(2)3)13-31-20(19)22-16(24)12-30-18(26)6-5-17(25)23-7-9-28-10-8-23/h13-14H,4-12H2,1-3H3,(H,22,24). The first-order chi connectivity index (χ1) is 14.8. The normalized spacial score (nSPS) is 13.7. The fourth-order valence-electron chi connectivity index (χ4n) is 3.06. The number of carbonyl (C=O) groups is 4. The number of nitrogens with zero attached hydrogens (tertiary/aromatic N) is 1. The molecule has 1 aliphatic rings. The molecule has 1 saturated heterocycles. The lowest BCUT2D eigenvalue weighted by atomic mass is 10.0. The van der Waals surface area contributed by atoms with Crippen LogP contribution in [0.5, 0.6) is 0 Å². The van der Waals surface area contributed by atoms with Gasteiger partial charge in [-0.2, -0.15) is 0 Å². The fraction of sp³-hybridized carbons (Fsp3) is 0.619. The van der Waals surface area contributed by atoms with E-state index in [0.29, 0.717) is 49.2 Å². The van der Waals surface area contributed by atoms with Gasteiger partial charge < -0.3 is 24.4 Å². The van der Waals surface area contributed by atoms with Crippen molar-refractivity contribution in [1.82, 2.24) is 4.90 Å². The van der Waals surface area contributed by atoms with Crippen molar-refractivity contribution in [3.63, 3.8) is 0 Å². The van der Waals surface area contributed by atoms with E-state index in [4.69, 9.17) is 14.2 Å². The predicted molar refractivity (Wildman–Crippen MR) is 115 cm³/mol. The van der Waals surface area contributed by atoms with Crippen molar-refractivity contribution in [3.8, 4) is 0 Å². The molecule has 1 aromatic heterocycles. The minimum absolute atomic E-state index is 0.0247. The molecule has 0 bridgehead atoms. The SMILES string of the molecule is CCOC(=O)c1c(CC(C)C)csc1NC(=O)COC(=O)CCC(=O)N1CCOCC1. The molecule has 0 atom stereocenters. The van der Waals surface area contributed by atoms with Crippen LogP contribution in [0, 0.1) is 5.92 Å². The number of amides is 2. The summed E-state index contributed by atoms with van der Waals surface area (Å²) < 4.78 is 15.3. The van der Waals surface area contributed by atoms with E-state index in [1.807, 2.05) is 19.2 Å². The zero-order valence-corrected chi connectivity index (χ0v) is 19.0. The second-order valence-corrected chi connectivity index (χ2v) is 8.37. The smallest absolute Gasteiger partial charge is 0.341 e. The van der Waals surface area contributed by atoms with E-state index in [9.17, 15) is 19.2 Å². The van der Waals surface area contributed by atoms with Gasteiger partial charge in [0.15, 0.2) is 6.61 Å². The molecule has 0 spiro atoms. The number of anilines is 1. The van der Waals surface area contributed by atoms with Crippen molar-refractivity contribution in [1.29, 1.82) is 0 Å². The maximum absolute atomic E-state index is 12.4. The molecular weight excluding hydrogens is 424 g/mol. The Morgan fingerprint density at radius 1 is 1.16 bits per heavy atom. The van der Waals surface area contributed by atoms with Crippen LogP contribution >= 0.6 is 11.3 Å². The molecule has 2 amide bonds. The van der Waals surface area contributed by atoms with Gasteiger partial charge >= 0.3 is 11.9 Å².